The van der Waals surface area contributed by atoms with Gasteiger partial charge in [-0.05, 0) is 44.6 Å². The number of ether oxygens (including phenoxy) is 1. The maximum atomic E-state index is 5.49. The van der Waals surface area contributed by atoms with Gasteiger partial charge in [0.1, 0.15) is 17.0 Å². The molecule has 2 aromatic rings. The summed E-state index contributed by atoms with van der Waals surface area (Å²) in [4.78, 5) is 14.3. The van der Waals surface area contributed by atoms with E-state index in [1.165, 1.54) is 28.7 Å². The number of fused-ring (bicyclic) bond motifs is 3. The van der Waals surface area contributed by atoms with Gasteiger partial charge in [-0.2, -0.15) is 0 Å². The summed E-state index contributed by atoms with van der Waals surface area (Å²) in [5.74, 6) is 1.79. The Kier molecular flexibility index (Phi) is 4.69. The molecule has 6 heteroatoms. The average Bonchev–Trinajstić information content (AvgIpc) is 2.98. The Bertz CT molecular complexity index is 751. The molecule has 25 heavy (non-hydrogen) atoms. The Morgan fingerprint density at radius 3 is 2.92 bits per heavy atom. The molecule has 0 amide bonds. The summed E-state index contributed by atoms with van der Waals surface area (Å²) >= 11 is 1.86. The van der Waals surface area contributed by atoms with Crippen molar-refractivity contribution in [2.75, 3.05) is 38.2 Å². The van der Waals surface area contributed by atoms with E-state index in [4.69, 9.17) is 4.74 Å². The van der Waals surface area contributed by atoms with Crippen LogP contribution in [0.1, 0.15) is 37.6 Å². The van der Waals surface area contributed by atoms with Crippen molar-refractivity contribution in [2.45, 2.75) is 45.6 Å². The van der Waals surface area contributed by atoms with Gasteiger partial charge in [-0.3, -0.25) is 4.90 Å². The number of aromatic nitrogens is 2. The fraction of sp³-hybridized carbons (Fsp3) is 0.684. The zero-order valence-electron chi connectivity index (χ0n) is 15.5. The average molecular weight is 361 g/mol. The topological polar surface area (TPSA) is 50.3 Å². The Labute approximate surface area is 153 Å². The highest BCUT2D eigenvalue weighted by molar-refractivity contribution is 7.19. The number of morpholine rings is 1. The molecule has 0 spiro atoms. The van der Waals surface area contributed by atoms with Gasteiger partial charge in [0.05, 0.1) is 18.6 Å². The minimum absolute atomic E-state index is 0.0750. The van der Waals surface area contributed by atoms with Crippen molar-refractivity contribution in [2.24, 2.45) is 5.92 Å². The maximum Gasteiger partial charge on any atom is 0.138 e. The lowest BCUT2D eigenvalue weighted by atomic mass is 9.89. The highest BCUT2D eigenvalue weighted by Crippen LogP contribution is 2.39. The zero-order valence-corrected chi connectivity index (χ0v) is 16.3. The number of hydrogen-bond donors (Lipinski definition) is 1. The number of rotatable bonds is 4. The molecule has 1 atom stereocenters. The van der Waals surface area contributed by atoms with Crippen molar-refractivity contribution in [3.05, 3.63) is 16.8 Å². The summed E-state index contributed by atoms with van der Waals surface area (Å²) in [7, 11) is 0. The molecule has 3 heterocycles. The third-order valence-electron chi connectivity index (χ3n) is 5.65. The molecule has 0 saturated carbocycles. The largest absolute Gasteiger partial charge is 0.379 e. The van der Waals surface area contributed by atoms with Gasteiger partial charge >= 0.3 is 0 Å². The van der Waals surface area contributed by atoms with Crippen LogP contribution in [0.3, 0.4) is 0 Å². The van der Waals surface area contributed by atoms with Crippen LogP contribution >= 0.6 is 11.3 Å². The van der Waals surface area contributed by atoms with Crippen LogP contribution in [0.5, 0.6) is 0 Å². The zero-order chi connectivity index (χ0) is 17.4. The first-order valence-electron chi connectivity index (χ1n) is 9.36. The predicted molar refractivity (Wildman–Crippen MR) is 104 cm³/mol. The molecular formula is C19H28N4OS. The number of hydrogen-bond acceptors (Lipinski definition) is 6. The Morgan fingerprint density at radius 2 is 2.12 bits per heavy atom. The smallest absolute Gasteiger partial charge is 0.138 e. The quantitative estimate of drug-likeness (QED) is 0.906. The lowest BCUT2D eigenvalue weighted by molar-refractivity contribution is -0.00569. The van der Waals surface area contributed by atoms with E-state index >= 15 is 0 Å². The van der Waals surface area contributed by atoms with Crippen LogP contribution in [0.15, 0.2) is 6.33 Å². The Balaban J connectivity index is 1.57. The van der Waals surface area contributed by atoms with E-state index in [1.54, 1.807) is 6.33 Å². The summed E-state index contributed by atoms with van der Waals surface area (Å²) in [5.41, 5.74) is 1.57. The summed E-state index contributed by atoms with van der Waals surface area (Å²) in [6.07, 6.45) is 5.32. The third-order valence-corrected chi connectivity index (χ3v) is 6.81. The van der Waals surface area contributed by atoms with Crippen LogP contribution < -0.4 is 5.32 Å². The molecule has 0 bridgehead atoms. The number of nitrogens with zero attached hydrogens (tertiary/aromatic N) is 3. The standard InChI is InChI=1S/C19H28N4OS/c1-13-4-5-14-15(10-13)25-18-16(14)17(21-12-22-18)20-11-19(2,3)23-6-8-24-9-7-23/h12-13H,4-11H2,1-3H3,(H,20,21,22). The van der Waals surface area contributed by atoms with Crippen LogP contribution in [-0.2, 0) is 17.6 Å². The molecule has 2 aromatic heterocycles. The molecule has 1 aliphatic heterocycles. The van der Waals surface area contributed by atoms with Gasteiger partial charge < -0.3 is 10.1 Å². The van der Waals surface area contributed by atoms with Gasteiger partial charge in [-0.1, -0.05) is 6.92 Å². The number of anilines is 1. The molecule has 1 aliphatic carbocycles. The SMILES string of the molecule is CC1CCc2c(sc3ncnc(NCC(C)(C)N4CCOCC4)c23)C1. The van der Waals surface area contributed by atoms with Crippen molar-refractivity contribution in [3.8, 4) is 0 Å². The highest BCUT2D eigenvalue weighted by Gasteiger charge is 2.29. The van der Waals surface area contributed by atoms with Crippen LogP contribution in [0.4, 0.5) is 5.82 Å². The minimum Gasteiger partial charge on any atom is -0.379 e. The summed E-state index contributed by atoms with van der Waals surface area (Å²) in [6.45, 7) is 11.5. The first-order valence-corrected chi connectivity index (χ1v) is 10.2. The first kappa shape index (κ1) is 17.2. The van der Waals surface area contributed by atoms with Crippen LogP contribution in [-0.4, -0.2) is 53.3 Å². The molecule has 1 fully saturated rings. The molecular weight excluding hydrogens is 332 g/mol. The van der Waals surface area contributed by atoms with Gasteiger partial charge in [-0.15, -0.1) is 11.3 Å². The van der Waals surface area contributed by atoms with Crippen LogP contribution in [0.25, 0.3) is 10.2 Å². The van der Waals surface area contributed by atoms with E-state index < -0.39 is 0 Å². The molecule has 5 nitrogen and oxygen atoms in total. The molecule has 0 aromatic carbocycles. The van der Waals surface area contributed by atoms with Crippen molar-refractivity contribution in [1.29, 1.82) is 0 Å². The second-order valence-corrected chi connectivity index (χ2v) is 9.10. The van der Waals surface area contributed by atoms with Gasteiger partial charge in [-0.25, -0.2) is 9.97 Å². The van der Waals surface area contributed by atoms with Crippen molar-refractivity contribution in [1.82, 2.24) is 14.9 Å². The summed E-state index contributed by atoms with van der Waals surface area (Å²) in [5, 5.41) is 4.92. The fourth-order valence-corrected chi connectivity index (χ4v) is 5.34. The van der Waals surface area contributed by atoms with Crippen molar-refractivity contribution in [3.63, 3.8) is 0 Å². The second kappa shape index (κ2) is 6.82. The lowest BCUT2D eigenvalue weighted by Gasteiger charge is -2.41. The van der Waals surface area contributed by atoms with E-state index in [1.807, 2.05) is 11.3 Å². The first-order chi connectivity index (χ1) is 12.0. The van der Waals surface area contributed by atoms with Crippen LogP contribution in [0, 0.1) is 5.92 Å². The van der Waals surface area contributed by atoms with Crippen molar-refractivity contribution < 1.29 is 4.74 Å². The summed E-state index contributed by atoms with van der Waals surface area (Å²) < 4.78 is 5.49. The Morgan fingerprint density at radius 1 is 1.32 bits per heavy atom. The highest BCUT2D eigenvalue weighted by atomic mass is 32.1. The monoisotopic (exact) mass is 360 g/mol. The normalized spacial score (nSPS) is 22.1. The van der Waals surface area contributed by atoms with E-state index in [0.717, 1.165) is 55.8 Å². The molecule has 1 N–H and O–H groups in total. The van der Waals surface area contributed by atoms with Crippen molar-refractivity contribution >= 4 is 27.4 Å². The third kappa shape index (κ3) is 3.39. The van der Waals surface area contributed by atoms with Gasteiger partial charge in [0.25, 0.3) is 0 Å². The van der Waals surface area contributed by atoms with E-state index in [-0.39, 0.29) is 5.54 Å². The number of thiophene rings is 1. The van der Waals surface area contributed by atoms with E-state index in [0.29, 0.717) is 0 Å². The molecule has 1 unspecified atom stereocenters. The molecule has 4 rings (SSSR count). The van der Waals surface area contributed by atoms with E-state index in [9.17, 15) is 0 Å². The number of aryl methyl sites for hydroxylation is 1. The van der Waals surface area contributed by atoms with Gasteiger partial charge in [0.2, 0.25) is 0 Å². The lowest BCUT2D eigenvalue weighted by Crippen LogP contribution is -2.53. The molecule has 1 saturated heterocycles. The molecule has 136 valence electrons. The molecule has 0 radical (unpaired) electrons. The predicted octanol–water partition coefficient (Wildman–Crippen LogP) is 3.34. The fourth-order valence-electron chi connectivity index (χ4n) is 3.99. The summed E-state index contributed by atoms with van der Waals surface area (Å²) in [6, 6.07) is 0. The molecule has 2 aliphatic rings. The Hall–Kier alpha value is -1.24. The number of nitrogens with one attached hydrogen (secondary N) is 1. The second-order valence-electron chi connectivity index (χ2n) is 8.02. The van der Waals surface area contributed by atoms with E-state index in [2.05, 4.69) is 41.0 Å². The maximum absolute atomic E-state index is 5.49. The van der Waals surface area contributed by atoms with Crippen LogP contribution in [0.2, 0.25) is 0 Å². The van der Waals surface area contributed by atoms with Gasteiger partial charge in [0.15, 0.2) is 0 Å². The minimum atomic E-state index is 0.0750. The van der Waals surface area contributed by atoms with Gasteiger partial charge in [0, 0.05) is 30.1 Å².